The number of guanidine groups is 1. The van der Waals surface area contributed by atoms with Crippen LogP contribution in [0.3, 0.4) is 0 Å². The summed E-state index contributed by atoms with van der Waals surface area (Å²) in [5, 5.41) is 6.70. The van der Waals surface area contributed by atoms with Crippen LogP contribution in [0.2, 0.25) is 0 Å². The smallest absolute Gasteiger partial charge is 0.305 e. The monoisotopic (exact) mass is 347 g/mol. The zero-order chi connectivity index (χ0) is 18.5. The molecule has 25 heavy (non-hydrogen) atoms. The molecular weight excluding hydrogens is 314 g/mol. The maximum absolute atomic E-state index is 11.0. The summed E-state index contributed by atoms with van der Waals surface area (Å²) in [4.78, 5) is 15.3. The number of benzene rings is 1. The van der Waals surface area contributed by atoms with Crippen LogP contribution >= 0.6 is 0 Å². The zero-order valence-electron chi connectivity index (χ0n) is 16.2. The van der Waals surface area contributed by atoms with Crippen molar-refractivity contribution >= 4 is 11.9 Å². The fourth-order valence-electron chi connectivity index (χ4n) is 2.82. The van der Waals surface area contributed by atoms with Crippen LogP contribution in [0.1, 0.15) is 48.8 Å². The topological polar surface area (TPSA) is 62.7 Å². The molecule has 0 spiro atoms. The number of carbonyl (C=O) groups excluding carboxylic acids is 1. The first-order valence-corrected chi connectivity index (χ1v) is 9.13. The van der Waals surface area contributed by atoms with Crippen molar-refractivity contribution in [1.29, 1.82) is 0 Å². The number of aliphatic imine (C=N–C) groups is 1. The molecule has 0 saturated heterocycles. The summed E-state index contributed by atoms with van der Waals surface area (Å²) in [5.41, 5.74) is 3.97. The second-order valence-electron chi connectivity index (χ2n) is 6.41. The Balaban J connectivity index is 2.13. The molecule has 1 aromatic rings. The van der Waals surface area contributed by atoms with Gasteiger partial charge in [0, 0.05) is 26.6 Å². The lowest BCUT2D eigenvalue weighted by atomic mass is 10.1. The first-order valence-electron chi connectivity index (χ1n) is 9.13. The number of esters is 1. The highest BCUT2D eigenvalue weighted by Gasteiger charge is 2.01. The summed E-state index contributed by atoms with van der Waals surface area (Å²) in [6.07, 6.45) is 5.62. The molecule has 140 valence electrons. The van der Waals surface area contributed by atoms with E-state index in [1.54, 1.807) is 7.05 Å². The highest BCUT2D eigenvalue weighted by Crippen LogP contribution is 2.09. The Labute approximate surface area is 152 Å². The molecule has 2 N–H and O–H groups in total. The minimum absolute atomic E-state index is 0.119. The number of hydrogen-bond acceptors (Lipinski definition) is 3. The van der Waals surface area contributed by atoms with Crippen molar-refractivity contribution in [3.63, 3.8) is 0 Å². The molecule has 0 unspecified atom stereocenters. The molecule has 0 bridgehead atoms. The van der Waals surface area contributed by atoms with E-state index in [0.29, 0.717) is 6.42 Å². The van der Waals surface area contributed by atoms with Crippen LogP contribution < -0.4 is 10.6 Å². The van der Waals surface area contributed by atoms with Gasteiger partial charge in [-0.05, 0) is 38.7 Å². The number of nitrogens with zero attached hydrogens (tertiary/aromatic N) is 1. The van der Waals surface area contributed by atoms with Crippen LogP contribution in [0, 0.1) is 13.8 Å². The summed E-state index contributed by atoms with van der Waals surface area (Å²) in [6.45, 7) is 6.02. The molecule has 0 saturated carbocycles. The predicted molar refractivity (Wildman–Crippen MR) is 104 cm³/mol. The van der Waals surface area contributed by atoms with Gasteiger partial charge in [-0.1, -0.05) is 42.2 Å². The summed E-state index contributed by atoms with van der Waals surface area (Å²) < 4.78 is 4.63. The average Bonchev–Trinajstić information content (AvgIpc) is 2.58. The van der Waals surface area contributed by atoms with Crippen molar-refractivity contribution in [2.45, 2.75) is 52.4 Å². The Morgan fingerprint density at radius 2 is 1.64 bits per heavy atom. The Bertz CT molecular complexity index is 536. The van der Waals surface area contributed by atoms with Crippen LogP contribution in [0.25, 0.3) is 0 Å². The molecule has 0 fully saturated rings. The third-order valence-electron chi connectivity index (χ3n) is 4.04. The molecule has 0 atom stereocenters. The zero-order valence-corrected chi connectivity index (χ0v) is 16.2. The van der Waals surface area contributed by atoms with E-state index in [1.807, 2.05) is 0 Å². The minimum Gasteiger partial charge on any atom is -0.469 e. The van der Waals surface area contributed by atoms with Gasteiger partial charge in [0.1, 0.15) is 0 Å². The summed E-state index contributed by atoms with van der Waals surface area (Å²) in [7, 11) is 3.23. The van der Waals surface area contributed by atoms with Crippen molar-refractivity contribution in [2.75, 3.05) is 27.2 Å². The van der Waals surface area contributed by atoms with E-state index in [4.69, 9.17) is 0 Å². The van der Waals surface area contributed by atoms with E-state index >= 15 is 0 Å². The van der Waals surface area contributed by atoms with Gasteiger partial charge in [0.25, 0.3) is 0 Å². The van der Waals surface area contributed by atoms with E-state index < -0.39 is 0 Å². The summed E-state index contributed by atoms with van der Waals surface area (Å²) >= 11 is 0. The van der Waals surface area contributed by atoms with E-state index in [-0.39, 0.29) is 5.97 Å². The second-order valence-corrected chi connectivity index (χ2v) is 6.41. The highest BCUT2D eigenvalue weighted by molar-refractivity contribution is 5.79. The molecular formula is C20H33N3O2. The number of nitrogens with one attached hydrogen (secondary N) is 2. The molecule has 0 aliphatic heterocycles. The lowest BCUT2D eigenvalue weighted by Crippen LogP contribution is -2.38. The van der Waals surface area contributed by atoms with Crippen molar-refractivity contribution < 1.29 is 9.53 Å². The van der Waals surface area contributed by atoms with Gasteiger partial charge >= 0.3 is 5.97 Å². The maximum atomic E-state index is 11.0. The molecule has 0 aliphatic rings. The fraction of sp³-hybridized carbons (Fsp3) is 0.600. The fourth-order valence-corrected chi connectivity index (χ4v) is 2.82. The number of hydrogen-bond donors (Lipinski definition) is 2. The molecule has 1 rings (SSSR count). The van der Waals surface area contributed by atoms with Gasteiger partial charge in [-0.2, -0.15) is 0 Å². The number of methoxy groups -OCH3 is 1. The first-order chi connectivity index (χ1) is 12.0. The Hall–Kier alpha value is -2.04. The standard InChI is InChI=1S/C20H33N3O2/c1-16-13-17(2)15-18(14-16)10-12-23-20(21-3)22-11-8-6-5-7-9-19(24)25-4/h13-15H,5-12H2,1-4H3,(H2,21,22,23). The van der Waals surface area contributed by atoms with E-state index in [1.165, 1.54) is 23.8 Å². The van der Waals surface area contributed by atoms with Crippen molar-refractivity contribution in [3.05, 3.63) is 34.9 Å². The molecule has 1 aromatic carbocycles. The number of ether oxygens (including phenoxy) is 1. The largest absolute Gasteiger partial charge is 0.469 e. The molecule has 0 aliphatic carbocycles. The Morgan fingerprint density at radius 1 is 1.00 bits per heavy atom. The lowest BCUT2D eigenvalue weighted by molar-refractivity contribution is -0.140. The number of rotatable bonds is 10. The quantitative estimate of drug-likeness (QED) is 0.295. The van der Waals surface area contributed by atoms with E-state index in [0.717, 1.165) is 51.2 Å². The van der Waals surface area contributed by atoms with Crippen LogP contribution in [0.4, 0.5) is 0 Å². The Morgan fingerprint density at radius 3 is 2.28 bits per heavy atom. The number of carbonyl (C=O) groups is 1. The van der Waals surface area contributed by atoms with Gasteiger partial charge < -0.3 is 15.4 Å². The summed E-state index contributed by atoms with van der Waals surface area (Å²) in [6, 6.07) is 6.67. The molecule has 5 heteroatoms. The van der Waals surface area contributed by atoms with Gasteiger partial charge in [-0.25, -0.2) is 0 Å². The molecule has 5 nitrogen and oxygen atoms in total. The van der Waals surface area contributed by atoms with Gasteiger partial charge in [-0.3, -0.25) is 9.79 Å². The van der Waals surface area contributed by atoms with Crippen molar-refractivity contribution in [1.82, 2.24) is 10.6 Å². The first kappa shape index (κ1) is 21.0. The third-order valence-corrected chi connectivity index (χ3v) is 4.04. The number of unbranched alkanes of at least 4 members (excludes halogenated alkanes) is 3. The minimum atomic E-state index is -0.119. The molecule has 0 heterocycles. The van der Waals surface area contributed by atoms with Crippen LogP contribution in [0.15, 0.2) is 23.2 Å². The van der Waals surface area contributed by atoms with E-state index in [9.17, 15) is 4.79 Å². The molecule has 0 amide bonds. The lowest BCUT2D eigenvalue weighted by Gasteiger charge is -2.12. The Kier molecular flexibility index (Phi) is 10.4. The SMILES string of the molecule is CN=C(NCCCCCCC(=O)OC)NCCc1cc(C)cc(C)c1. The van der Waals surface area contributed by atoms with Crippen LogP contribution in [0.5, 0.6) is 0 Å². The second kappa shape index (κ2) is 12.3. The third kappa shape index (κ3) is 9.75. The molecule has 0 aromatic heterocycles. The summed E-state index contributed by atoms with van der Waals surface area (Å²) in [5.74, 6) is 0.727. The highest BCUT2D eigenvalue weighted by atomic mass is 16.5. The predicted octanol–water partition coefficient (Wildman–Crippen LogP) is 3.13. The van der Waals surface area contributed by atoms with Crippen LogP contribution in [-0.2, 0) is 16.0 Å². The number of aryl methyl sites for hydroxylation is 2. The average molecular weight is 348 g/mol. The van der Waals surface area contributed by atoms with Crippen molar-refractivity contribution in [3.8, 4) is 0 Å². The van der Waals surface area contributed by atoms with Crippen LogP contribution in [-0.4, -0.2) is 39.2 Å². The normalized spacial score (nSPS) is 11.3. The van der Waals surface area contributed by atoms with Gasteiger partial charge in [0.15, 0.2) is 5.96 Å². The molecule has 0 radical (unpaired) electrons. The van der Waals surface area contributed by atoms with Crippen molar-refractivity contribution in [2.24, 2.45) is 4.99 Å². The maximum Gasteiger partial charge on any atom is 0.305 e. The van der Waals surface area contributed by atoms with Gasteiger partial charge in [0.2, 0.25) is 0 Å². The van der Waals surface area contributed by atoms with Gasteiger partial charge in [0.05, 0.1) is 7.11 Å². The van der Waals surface area contributed by atoms with E-state index in [2.05, 4.69) is 52.4 Å². The van der Waals surface area contributed by atoms with Gasteiger partial charge in [-0.15, -0.1) is 0 Å².